The van der Waals surface area contributed by atoms with Crippen LogP contribution in [0, 0.1) is 6.92 Å². The second-order valence-electron chi connectivity index (χ2n) is 6.16. The molecule has 0 aliphatic carbocycles. The molecule has 2 aromatic heterocycles. The Bertz CT molecular complexity index is 1100. The van der Waals surface area contributed by atoms with Crippen molar-refractivity contribution in [1.29, 1.82) is 0 Å². The summed E-state index contributed by atoms with van der Waals surface area (Å²) < 4.78 is 7.31. The van der Waals surface area contributed by atoms with E-state index < -0.39 is 0 Å². The second kappa shape index (κ2) is 7.25. The van der Waals surface area contributed by atoms with E-state index in [1.54, 1.807) is 7.11 Å². The molecule has 0 radical (unpaired) electrons. The summed E-state index contributed by atoms with van der Waals surface area (Å²) in [5.74, 6) is 0.665. The molecule has 0 saturated heterocycles. The molecule has 4 rings (SSSR count). The van der Waals surface area contributed by atoms with Crippen LogP contribution in [0.5, 0.6) is 5.75 Å². The summed E-state index contributed by atoms with van der Waals surface area (Å²) in [6.45, 7) is 2.36. The molecule has 0 fully saturated rings. The topological polar surface area (TPSA) is 55.6 Å². The van der Waals surface area contributed by atoms with Gasteiger partial charge in [-0.05, 0) is 13.0 Å². The number of para-hydroxylation sites is 1. The number of fused-ring (bicyclic) bond motifs is 1. The van der Waals surface area contributed by atoms with E-state index in [0.717, 1.165) is 33.2 Å². The lowest BCUT2D eigenvalue weighted by Gasteiger charge is -2.09. The Morgan fingerprint density at radius 2 is 1.89 bits per heavy atom. The predicted molar refractivity (Wildman–Crippen MR) is 107 cm³/mol. The number of carbonyl (C=O) groups is 1. The first kappa shape index (κ1) is 17.3. The molecule has 4 aromatic rings. The van der Waals surface area contributed by atoms with Crippen LogP contribution in [0.2, 0.25) is 0 Å². The molecule has 2 aromatic carbocycles. The summed E-state index contributed by atoms with van der Waals surface area (Å²) in [7, 11) is 1.63. The zero-order chi connectivity index (χ0) is 18.8. The van der Waals surface area contributed by atoms with E-state index in [2.05, 4.69) is 10.3 Å². The Morgan fingerprint density at radius 3 is 2.63 bits per heavy atom. The van der Waals surface area contributed by atoms with Gasteiger partial charge in [0.1, 0.15) is 10.6 Å². The van der Waals surface area contributed by atoms with Crippen LogP contribution in [0.25, 0.3) is 16.2 Å². The summed E-state index contributed by atoms with van der Waals surface area (Å²) >= 11 is 1.40. The molecular weight excluding hydrogens is 358 g/mol. The molecule has 0 aliphatic rings. The zero-order valence-corrected chi connectivity index (χ0v) is 15.9. The number of aryl methyl sites for hydroxylation is 1. The van der Waals surface area contributed by atoms with Crippen molar-refractivity contribution in [2.75, 3.05) is 7.11 Å². The fourth-order valence-corrected chi connectivity index (χ4v) is 4.04. The van der Waals surface area contributed by atoms with Crippen molar-refractivity contribution in [1.82, 2.24) is 14.7 Å². The molecule has 27 heavy (non-hydrogen) atoms. The van der Waals surface area contributed by atoms with Crippen molar-refractivity contribution in [2.24, 2.45) is 0 Å². The van der Waals surface area contributed by atoms with E-state index in [1.165, 1.54) is 11.3 Å². The van der Waals surface area contributed by atoms with E-state index in [1.807, 2.05) is 72.1 Å². The number of carbonyl (C=O) groups excluding carboxylic acids is 1. The SMILES string of the molecule is COc1ccccc1CNC(=O)c1sc2nc(-c3ccccc3)cn2c1C. The summed E-state index contributed by atoms with van der Waals surface area (Å²) in [5.41, 5.74) is 3.81. The summed E-state index contributed by atoms with van der Waals surface area (Å²) in [4.78, 5) is 18.8. The molecular formula is C21H19N3O2S. The van der Waals surface area contributed by atoms with E-state index in [9.17, 15) is 4.79 Å². The number of ether oxygens (including phenoxy) is 1. The van der Waals surface area contributed by atoms with Crippen molar-refractivity contribution in [3.05, 3.63) is 76.9 Å². The molecule has 5 nitrogen and oxygen atoms in total. The number of hydrogen-bond acceptors (Lipinski definition) is 4. The monoisotopic (exact) mass is 377 g/mol. The van der Waals surface area contributed by atoms with E-state index in [0.29, 0.717) is 11.4 Å². The van der Waals surface area contributed by atoms with Gasteiger partial charge in [0.2, 0.25) is 0 Å². The molecule has 1 N–H and O–H groups in total. The Kier molecular flexibility index (Phi) is 4.64. The molecule has 0 saturated carbocycles. The predicted octanol–water partition coefficient (Wildman–Crippen LogP) is 4.31. The van der Waals surface area contributed by atoms with Gasteiger partial charge < -0.3 is 10.1 Å². The van der Waals surface area contributed by atoms with Crippen LogP contribution >= 0.6 is 11.3 Å². The van der Waals surface area contributed by atoms with Crippen LogP contribution in [-0.4, -0.2) is 22.4 Å². The highest BCUT2D eigenvalue weighted by molar-refractivity contribution is 7.19. The van der Waals surface area contributed by atoms with Crippen molar-refractivity contribution in [3.63, 3.8) is 0 Å². The van der Waals surface area contributed by atoms with Gasteiger partial charge in [-0.15, -0.1) is 0 Å². The summed E-state index contributed by atoms with van der Waals surface area (Å²) in [6.07, 6.45) is 1.98. The quantitative estimate of drug-likeness (QED) is 0.564. The van der Waals surface area contributed by atoms with Gasteiger partial charge in [0, 0.05) is 29.6 Å². The minimum absolute atomic E-state index is 0.102. The maximum absolute atomic E-state index is 12.7. The largest absolute Gasteiger partial charge is 0.496 e. The molecule has 6 heteroatoms. The van der Waals surface area contributed by atoms with Gasteiger partial charge in [-0.25, -0.2) is 4.98 Å². The Morgan fingerprint density at radius 1 is 1.15 bits per heavy atom. The van der Waals surface area contributed by atoms with Gasteiger partial charge in [0.05, 0.1) is 12.8 Å². The number of rotatable bonds is 5. The molecule has 0 unspecified atom stereocenters. The smallest absolute Gasteiger partial charge is 0.263 e. The zero-order valence-electron chi connectivity index (χ0n) is 15.1. The van der Waals surface area contributed by atoms with Crippen LogP contribution in [-0.2, 0) is 6.54 Å². The number of imidazole rings is 1. The molecule has 1 amide bonds. The number of nitrogens with zero attached hydrogens (tertiary/aromatic N) is 2. The summed E-state index contributed by atoms with van der Waals surface area (Å²) in [5, 5.41) is 2.98. The minimum atomic E-state index is -0.102. The third kappa shape index (κ3) is 3.31. The number of amides is 1. The standard InChI is InChI=1S/C21H19N3O2S/c1-14-19(20(25)22-12-16-10-6-7-11-18(16)26-2)27-21-23-17(13-24(14)21)15-8-4-3-5-9-15/h3-11,13H,12H2,1-2H3,(H,22,25). The van der Waals surface area contributed by atoms with Crippen molar-refractivity contribution in [2.45, 2.75) is 13.5 Å². The molecule has 2 heterocycles. The number of thiazole rings is 1. The number of aromatic nitrogens is 2. The minimum Gasteiger partial charge on any atom is -0.496 e. The first-order valence-corrected chi connectivity index (χ1v) is 9.43. The number of nitrogens with one attached hydrogen (secondary N) is 1. The van der Waals surface area contributed by atoms with Crippen molar-refractivity contribution < 1.29 is 9.53 Å². The maximum atomic E-state index is 12.7. The van der Waals surface area contributed by atoms with E-state index in [-0.39, 0.29) is 5.91 Å². The van der Waals surface area contributed by atoms with Crippen molar-refractivity contribution in [3.8, 4) is 17.0 Å². The van der Waals surface area contributed by atoms with Crippen LogP contribution < -0.4 is 10.1 Å². The number of benzene rings is 2. The highest BCUT2D eigenvalue weighted by Crippen LogP contribution is 2.27. The van der Waals surface area contributed by atoms with Gasteiger partial charge in [-0.3, -0.25) is 9.20 Å². The molecule has 136 valence electrons. The fraction of sp³-hybridized carbons (Fsp3) is 0.143. The third-order valence-corrected chi connectivity index (χ3v) is 5.62. The lowest BCUT2D eigenvalue weighted by molar-refractivity contribution is 0.0954. The van der Waals surface area contributed by atoms with E-state index >= 15 is 0 Å². The first-order valence-electron chi connectivity index (χ1n) is 8.61. The first-order chi connectivity index (χ1) is 13.2. The van der Waals surface area contributed by atoms with Gasteiger partial charge >= 0.3 is 0 Å². The third-order valence-electron chi connectivity index (χ3n) is 4.46. The van der Waals surface area contributed by atoms with Crippen molar-refractivity contribution >= 4 is 22.2 Å². The summed E-state index contributed by atoms with van der Waals surface area (Å²) in [6, 6.07) is 17.7. The van der Waals surface area contributed by atoms with E-state index in [4.69, 9.17) is 4.74 Å². The molecule has 0 aliphatic heterocycles. The Balaban J connectivity index is 1.56. The Labute approximate surface area is 161 Å². The van der Waals surface area contributed by atoms with Gasteiger partial charge in [0.15, 0.2) is 4.96 Å². The highest BCUT2D eigenvalue weighted by atomic mass is 32.1. The number of hydrogen-bond donors (Lipinski definition) is 1. The van der Waals surface area contributed by atoms with Crippen LogP contribution in [0.4, 0.5) is 0 Å². The average molecular weight is 377 g/mol. The lowest BCUT2D eigenvalue weighted by Crippen LogP contribution is -2.23. The average Bonchev–Trinajstić information content (AvgIpc) is 3.26. The molecule has 0 bridgehead atoms. The van der Waals surface area contributed by atoms with Gasteiger partial charge in [-0.2, -0.15) is 0 Å². The van der Waals surface area contributed by atoms with Gasteiger partial charge in [0.25, 0.3) is 5.91 Å². The molecule has 0 atom stereocenters. The highest BCUT2D eigenvalue weighted by Gasteiger charge is 2.18. The second-order valence-corrected chi connectivity index (χ2v) is 7.13. The normalized spacial score (nSPS) is 10.9. The lowest BCUT2D eigenvalue weighted by atomic mass is 10.2. The van der Waals surface area contributed by atoms with Crippen LogP contribution in [0.3, 0.4) is 0 Å². The number of methoxy groups -OCH3 is 1. The van der Waals surface area contributed by atoms with Gasteiger partial charge in [-0.1, -0.05) is 59.9 Å². The fourth-order valence-electron chi connectivity index (χ4n) is 3.01. The van der Waals surface area contributed by atoms with Crippen LogP contribution in [0.15, 0.2) is 60.8 Å². The van der Waals surface area contributed by atoms with Crippen LogP contribution in [0.1, 0.15) is 20.9 Å². The molecule has 0 spiro atoms. The Hall–Kier alpha value is -3.12. The maximum Gasteiger partial charge on any atom is 0.263 e.